The van der Waals surface area contributed by atoms with Crippen LogP contribution in [0.15, 0.2) is 18.5 Å². The molecule has 1 N–H and O–H groups in total. The maximum absolute atomic E-state index is 10.5. The smallest absolute Gasteiger partial charge is 0.303 e. The minimum Gasteiger partial charge on any atom is -0.481 e. The fourth-order valence-corrected chi connectivity index (χ4v) is 1.54. The van der Waals surface area contributed by atoms with Gasteiger partial charge in [0.1, 0.15) is 5.82 Å². The van der Waals surface area contributed by atoms with Crippen LogP contribution in [0.25, 0.3) is 5.65 Å². The number of aromatic nitrogens is 3. The largest absolute Gasteiger partial charge is 0.481 e. The number of hydrogen-bond donors (Lipinski definition) is 1. The van der Waals surface area contributed by atoms with Crippen molar-refractivity contribution in [1.82, 2.24) is 14.4 Å². The number of carbonyl (C=O) groups is 1. The van der Waals surface area contributed by atoms with E-state index in [4.69, 9.17) is 5.11 Å². The summed E-state index contributed by atoms with van der Waals surface area (Å²) in [6, 6.07) is 1.80. The number of carboxylic acids is 1. The molecule has 0 saturated heterocycles. The van der Waals surface area contributed by atoms with Gasteiger partial charge in [0.05, 0.1) is 12.1 Å². The second-order valence-electron chi connectivity index (χ2n) is 3.32. The van der Waals surface area contributed by atoms with Gasteiger partial charge in [-0.2, -0.15) is 0 Å². The Bertz CT molecular complexity index is 504. The minimum absolute atomic E-state index is 0.0907. The van der Waals surface area contributed by atoms with Crippen LogP contribution in [0.1, 0.15) is 17.9 Å². The lowest BCUT2D eigenvalue weighted by atomic mass is 10.3. The van der Waals surface area contributed by atoms with Crippen molar-refractivity contribution in [2.75, 3.05) is 0 Å². The SMILES string of the molecule is Cc1nc(CCC(=O)O)n2cccnc12. The summed E-state index contributed by atoms with van der Waals surface area (Å²) >= 11 is 0. The summed E-state index contributed by atoms with van der Waals surface area (Å²) in [6.45, 7) is 1.87. The molecule has 0 spiro atoms. The average molecular weight is 205 g/mol. The first-order valence-corrected chi connectivity index (χ1v) is 4.69. The number of aliphatic carboxylic acids is 1. The summed E-state index contributed by atoms with van der Waals surface area (Å²) in [7, 11) is 0. The highest BCUT2D eigenvalue weighted by Gasteiger charge is 2.09. The molecule has 2 rings (SSSR count). The summed E-state index contributed by atoms with van der Waals surface area (Å²) in [5, 5.41) is 8.60. The molecule has 0 aliphatic carbocycles. The number of fused-ring (bicyclic) bond motifs is 1. The number of hydrogen-bond acceptors (Lipinski definition) is 3. The highest BCUT2D eigenvalue weighted by Crippen LogP contribution is 2.10. The molecule has 0 fully saturated rings. The highest BCUT2D eigenvalue weighted by molar-refractivity contribution is 5.67. The molecule has 0 radical (unpaired) electrons. The second kappa shape index (κ2) is 3.68. The number of aryl methyl sites for hydroxylation is 2. The molecule has 0 saturated carbocycles. The van der Waals surface area contributed by atoms with Crippen LogP contribution >= 0.6 is 0 Å². The zero-order valence-corrected chi connectivity index (χ0v) is 8.34. The number of nitrogens with zero attached hydrogens (tertiary/aromatic N) is 3. The molecular formula is C10H11N3O2. The monoisotopic (exact) mass is 205 g/mol. The van der Waals surface area contributed by atoms with E-state index in [0.29, 0.717) is 6.42 Å². The van der Waals surface area contributed by atoms with Crippen LogP contribution in [0.3, 0.4) is 0 Å². The first-order valence-electron chi connectivity index (χ1n) is 4.69. The quantitative estimate of drug-likeness (QED) is 0.813. The fraction of sp³-hybridized carbons (Fsp3) is 0.300. The number of rotatable bonds is 3. The van der Waals surface area contributed by atoms with Crippen LogP contribution < -0.4 is 0 Å². The van der Waals surface area contributed by atoms with Gasteiger partial charge in [0, 0.05) is 18.8 Å². The Morgan fingerprint density at radius 3 is 3.13 bits per heavy atom. The van der Waals surface area contributed by atoms with Gasteiger partial charge in [0.2, 0.25) is 0 Å². The van der Waals surface area contributed by atoms with Crippen LogP contribution in [0.5, 0.6) is 0 Å². The summed E-state index contributed by atoms with van der Waals surface area (Å²) in [5.41, 5.74) is 1.62. The van der Waals surface area contributed by atoms with Gasteiger partial charge >= 0.3 is 5.97 Å². The van der Waals surface area contributed by atoms with E-state index >= 15 is 0 Å². The van der Waals surface area contributed by atoms with Gasteiger partial charge in [-0.15, -0.1) is 0 Å². The van der Waals surface area contributed by atoms with E-state index in [9.17, 15) is 4.79 Å². The fourth-order valence-electron chi connectivity index (χ4n) is 1.54. The maximum atomic E-state index is 10.5. The zero-order valence-electron chi connectivity index (χ0n) is 8.34. The van der Waals surface area contributed by atoms with E-state index in [1.54, 1.807) is 12.3 Å². The van der Waals surface area contributed by atoms with E-state index in [2.05, 4.69) is 9.97 Å². The molecule has 2 aromatic rings. The van der Waals surface area contributed by atoms with Crippen molar-refractivity contribution in [3.63, 3.8) is 0 Å². The topological polar surface area (TPSA) is 67.5 Å². The molecule has 78 valence electrons. The highest BCUT2D eigenvalue weighted by atomic mass is 16.4. The molecule has 0 bridgehead atoms. The molecule has 0 aromatic carbocycles. The number of carboxylic acid groups (broad SMARTS) is 1. The third-order valence-corrected chi connectivity index (χ3v) is 2.21. The Kier molecular flexibility index (Phi) is 2.37. The van der Waals surface area contributed by atoms with E-state index < -0.39 is 5.97 Å². The predicted molar refractivity (Wildman–Crippen MR) is 53.7 cm³/mol. The standard InChI is InChI=1S/C10H11N3O2/c1-7-10-11-5-2-6-13(10)8(12-7)3-4-9(14)15/h2,5-6H,3-4H2,1H3,(H,14,15). The summed E-state index contributed by atoms with van der Waals surface area (Å²) in [6.07, 6.45) is 4.06. The Hall–Kier alpha value is -1.91. The maximum Gasteiger partial charge on any atom is 0.303 e. The van der Waals surface area contributed by atoms with Crippen LogP contribution in [-0.2, 0) is 11.2 Å². The summed E-state index contributed by atoms with van der Waals surface area (Å²) in [4.78, 5) is 18.9. The van der Waals surface area contributed by atoms with Crippen LogP contribution in [-0.4, -0.2) is 25.4 Å². The molecule has 2 heterocycles. The molecule has 0 atom stereocenters. The van der Waals surface area contributed by atoms with Gasteiger partial charge in [-0.05, 0) is 13.0 Å². The molecule has 0 aliphatic rings. The van der Waals surface area contributed by atoms with Gasteiger partial charge in [-0.1, -0.05) is 0 Å². The molecule has 0 aliphatic heterocycles. The number of imidazole rings is 1. The molecule has 5 heteroatoms. The Morgan fingerprint density at radius 2 is 2.40 bits per heavy atom. The Balaban J connectivity index is 2.39. The van der Waals surface area contributed by atoms with E-state index in [1.165, 1.54) is 0 Å². The summed E-state index contributed by atoms with van der Waals surface area (Å²) in [5.74, 6) is -0.0636. The average Bonchev–Trinajstić information content (AvgIpc) is 2.54. The molecule has 2 aromatic heterocycles. The van der Waals surface area contributed by atoms with Gasteiger partial charge in [-0.25, -0.2) is 9.97 Å². The Labute approximate surface area is 86.4 Å². The third-order valence-electron chi connectivity index (χ3n) is 2.21. The predicted octanol–water partition coefficient (Wildman–Crippen LogP) is 1.05. The van der Waals surface area contributed by atoms with Crippen molar-refractivity contribution in [3.8, 4) is 0 Å². The molecule has 15 heavy (non-hydrogen) atoms. The molecule has 5 nitrogen and oxygen atoms in total. The van der Waals surface area contributed by atoms with Gasteiger partial charge in [0.25, 0.3) is 0 Å². The van der Waals surface area contributed by atoms with Crippen LogP contribution in [0, 0.1) is 6.92 Å². The molecule has 0 unspecified atom stereocenters. The van der Waals surface area contributed by atoms with E-state index in [1.807, 2.05) is 17.5 Å². The lowest BCUT2D eigenvalue weighted by molar-refractivity contribution is -0.137. The van der Waals surface area contributed by atoms with Crippen molar-refractivity contribution in [2.24, 2.45) is 0 Å². The van der Waals surface area contributed by atoms with Crippen molar-refractivity contribution < 1.29 is 9.90 Å². The van der Waals surface area contributed by atoms with Crippen molar-refractivity contribution in [2.45, 2.75) is 19.8 Å². The first-order chi connectivity index (χ1) is 7.18. The summed E-state index contributed by atoms with van der Waals surface area (Å²) < 4.78 is 1.83. The third kappa shape index (κ3) is 1.81. The minimum atomic E-state index is -0.812. The van der Waals surface area contributed by atoms with Crippen LogP contribution in [0.4, 0.5) is 0 Å². The second-order valence-corrected chi connectivity index (χ2v) is 3.32. The lowest BCUT2D eigenvalue weighted by Crippen LogP contribution is -2.01. The molecular weight excluding hydrogens is 194 g/mol. The van der Waals surface area contributed by atoms with Crippen molar-refractivity contribution >= 4 is 11.6 Å². The van der Waals surface area contributed by atoms with Crippen molar-refractivity contribution in [3.05, 3.63) is 30.0 Å². The normalized spacial score (nSPS) is 10.7. The van der Waals surface area contributed by atoms with E-state index in [0.717, 1.165) is 17.2 Å². The van der Waals surface area contributed by atoms with Crippen LogP contribution in [0.2, 0.25) is 0 Å². The Morgan fingerprint density at radius 1 is 1.60 bits per heavy atom. The van der Waals surface area contributed by atoms with E-state index in [-0.39, 0.29) is 6.42 Å². The van der Waals surface area contributed by atoms with Gasteiger partial charge in [0.15, 0.2) is 5.65 Å². The van der Waals surface area contributed by atoms with Crippen molar-refractivity contribution in [1.29, 1.82) is 0 Å². The first kappa shape index (κ1) is 9.64. The van der Waals surface area contributed by atoms with Gasteiger partial charge in [-0.3, -0.25) is 9.20 Å². The zero-order chi connectivity index (χ0) is 10.8. The lowest BCUT2D eigenvalue weighted by Gasteiger charge is -1.97. The molecule has 0 amide bonds. The van der Waals surface area contributed by atoms with Gasteiger partial charge < -0.3 is 5.11 Å².